The van der Waals surface area contributed by atoms with Crippen LogP contribution in [0.2, 0.25) is 0 Å². The molecule has 17 heavy (non-hydrogen) atoms. The van der Waals surface area contributed by atoms with E-state index < -0.39 is 0 Å². The Morgan fingerprint density at radius 3 is 2.88 bits per heavy atom. The molecule has 2 aliphatic heterocycles. The smallest absolute Gasteiger partial charge is 0.119 e. The van der Waals surface area contributed by atoms with Crippen molar-refractivity contribution < 1.29 is 9.47 Å². The summed E-state index contributed by atoms with van der Waals surface area (Å²) in [7, 11) is 1.72. The monoisotopic (exact) mass is 233 g/mol. The number of rotatable bonds is 1. The van der Waals surface area contributed by atoms with Crippen LogP contribution in [-0.2, 0) is 16.8 Å². The average Bonchev–Trinajstić information content (AvgIpc) is 2.40. The van der Waals surface area contributed by atoms with Crippen LogP contribution < -0.4 is 10.1 Å². The maximum atomic E-state index is 6.14. The molecule has 2 aliphatic rings. The fourth-order valence-electron chi connectivity index (χ4n) is 3.00. The molecule has 1 saturated heterocycles. The third-order valence-corrected chi connectivity index (χ3v) is 3.97. The molecule has 0 atom stereocenters. The van der Waals surface area contributed by atoms with Gasteiger partial charge in [-0.25, -0.2) is 0 Å². The lowest BCUT2D eigenvalue weighted by Crippen LogP contribution is -2.44. The predicted molar refractivity (Wildman–Crippen MR) is 66.4 cm³/mol. The zero-order valence-corrected chi connectivity index (χ0v) is 10.3. The predicted octanol–water partition coefficient (Wildman–Crippen LogP) is 1.85. The van der Waals surface area contributed by atoms with Gasteiger partial charge in [0.1, 0.15) is 5.75 Å². The van der Waals surface area contributed by atoms with Crippen LogP contribution in [0.1, 0.15) is 24.0 Å². The molecule has 1 N–H and O–H groups in total. The van der Waals surface area contributed by atoms with Gasteiger partial charge in [0.05, 0.1) is 19.3 Å². The number of methoxy groups -OCH3 is 1. The fourth-order valence-corrected chi connectivity index (χ4v) is 3.00. The normalized spacial score (nSPS) is 22.2. The minimum atomic E-state index is -0.0621. The highest BCUT2D eigenvalue weighted by Gasteiger charge is 2.39. The standard InChI is InChI=1S/C14H19NO2/c1-16-12-3-2-11-4-9-17-14(13(11)10-12)5-7-15-8-6-14/h2-3,10,15H,4-9H2,1H3. The van der Waals surface area contributed by atoms with E-state index in [9.17, 15) is 0 Å². The summed E-state index contributed by atoms with van der Waals surface area (Å²) in [5.41, 5.74) is 2.72. The summed E-state index contributed by atoms with van der Waals surface area (Å²) < 4.78 is 11.5. The highest BCUT2D eigenvalue weighted by atomic mass is 16.5. The Hall–Kier alpha value is -1.06. The molecule has 0 bridgehead atoms. The molecule has 92 valence electrons. The topological polar surface area (TPSA) is 30.5 Å². The maximum absolute atomic E-state index is 6.14. The molecular formula is C14H19NO2. The van der Waals surface area contributed by atoms with Crippen molar-refractivity contribution in [3.8, 4) is 5.75 Å². The molecule has 0 radical (unpaired) electrons. The number of hydrogen-bond donors (Lipinski definition) is 1. The summed E-state index contributed by atoms with van der Waals surface area (Å²) in [5.74, 6) is 0.937. The first-order chi connectivity index (χ1) is 8.34. The van der Waals surface area contributed by atoms with Crippen LogP contribution in [0.5, 0.6) is 5.75 Å². The van der Waals surface area contributed by atoms with E-state index in [-0.39, 0.29) is 5.60 Å². The SMILES string of the molecule is COc1ccc2c(c1)C1(CCNCC1)OCC2. The van der Waals surface area contributed by atoms with Crippen LogP contribution >= 0.6 is 0 Å². The van der Waals surface area contributed by atoms with Gasteiger partial charge in [0, 0.05) is 0 Å². The van der Waals surface area contributed by atoms with Crippen molar-refractivity contribution in [1.29, 1.82) is 0 Å². The van der Waals surface area contributed by atoms with Crippen molar-refractivity contribution in [2.24, 2.45) is 0 Å². The van der Waals surface area contributed by atoms with E-state index in [0.717, 1.165) is 44.7 Å². The van der Waals surface area contributed by atoms with Crippen LogP contribution in [0.15, 0.2) is 18.2 Å². The van der Waals surface area contributed by atoms with E-state index >= 15 is 0 Å². The van der Waals surface area contributed by atoms with E-state index in [1.165, 1.54) is 11.1 Å². The molecule has 0 saturated carbocycles. The van der Waals surface area contributed by atoms with E-state index in [1.54, 1.807) is 7.11 Å². The number of nitrogens with one attached hydrogen (secondary N) is 1. The molecule has 1 aromatic carbocycles. The molecule has 3 nitrogen and oxygen atoms in total. The Bertz CT molecular complexity index is 411. The van der Waals surface area contributed by atoms with Gasteiger partial charge in [0.25, 0.3) is 0 Å². The Balaban J connectivity index is 2.04. The summed E-state index contributed by atoms with van der Waals surface area (Å²) >= 11 is 0. The molecular weight excluding hydrogens is 214 g/mol. The molecule has 0 aromatic heterocycles. The highest BCUT2D eigenvalue weighted by Crippen LogP contribution is 2.41. The Morgan fingerprint density at radius 1 is 1.29 bits per heavy atom. The lowest BCUT2D eigenvalue weighted by molar-refractivity contribution is -0.0803. The van der Waals surface area contributed by atoms with E-state index in [2.05, 4.69) is 23.5 Å². The van der Waals surface area contributed by atoms with E-state index in [0.29, 0.717) is 0 Å². The van der Waals surface area contributed by atoms with Crippen LogP contribution in [0.25, 0.3) is 0 Å². The van der Waals surface area contributed by atoms with Gasteiger partial charge in [-0.2, -0.15) is 0 Å². The fraction of sp³-hybridized carbons (Fsp3) is 0.571. The number of ether oxygens (including phenoxy) is 2. The van der Waals surface area contributed by atoms with Crippen molar-refractivity contribution in [2.75, 3.05) is 26.8 Å². The molecule has 2 heterocycles. The molecule has 1 spiro atoms. The first-order valence-corrected chi connectivity index (χ1v) is 6.36. The molecule has 0 amide bonds. The Labute approximate surface area is 102 Å². The van der Waals surface area contributed by atoms with Crippen molar-refractivity contribution in [3.63, 3.8) is 0 Å². The van der Waals surface area contributed by atoms with Gasteiger partial charge in [0.2, 0.25) is 0 Å². The van der Waals surface area contributed by atoms with Gasteiger partial charge in [-0.15, -0.1) is 0 Å². The van der Waals surface area contributed by atoms with Crippen molar-refractivity contribution >= 4 is 0 Å². The minimum Gasteiger partial charge on any atom is -0.497 e. The zero-order valence-electron chi connectivity index (χ0n) is 10.3. The van der Waals surface area contributed by atoms with Crippen LogP contribution in [0.4, 0.5) is 0 Å². The molecule has 3 rings (SSSR count). The first kappa shape index (κ1) is 11.1. The summed E-state index contributed by atoms with van der Waals surface area (Å²) in [4.78, 5) is 0. The van der Waals surface area contributed by atoms with Gasteiger partial charge in [-0.05, 0) is 55.6 Å². The van der Waals surface area contributed by atoms with Crippen LogP contribution in [0, 0.1) is 0 Å². The van der Waals surface area contributed by atoms with Gasteiger partial charge in [-0.1, -0.05) is 6.07 Å². The second kappa shape index (κ2) is 4.31. The molecule has 1 aromatic rings. The summed E-state index contributed by atoms with van der Waals surface area (Å²) in [5, 5.41) is 3.40. The zero-order chi connectivity index (χ0) is 11.7. The van der Waals surface area contributed by atoms with Gasteiger partial charge >= 0.3 is 0 Å². The quantitative estimate of drug-likeness (QED) is 0.803. The maximum Gasteiger partial charge on any atom is 0.119 e. The second-order valence-corrected chi connectivity index (χ2v) is 4.87. The number of piperidine rings is 1. The third-order valence-electron chi connectivity index (χ3n) is 3.97. The number of hydrogen-bond acceptors (Lipinski definition) is 3. The molecule has 0 aliphatic carbocycles. The van der Waals surface area contributed by atoms with E-state index in [1.807, 2.05) is 0 Å². The third kappa shape index (κ3) is 1.83. The number of fused-ring (bicyclic) bond motifs is 2. The van der Waals surface area contributed by atoms with E-state index in [4.69, 9.17) is 9.47 Å². The Morgan fingerprint density at radius 2 is 2.12 bits per heavy atom. The van der Waals surface area contributed by atoms with Gasteiger partial charge in [0.15, 0.2) is 0 Å². The summed E-state index contributed by atoms with van der Waals surface area (Å²) in [6.45, 7) is 2.92. The average molecular weight is 233 g/mol. The second-order valence-electron chi connectivity index (χ2n) is 4.87. The lowest BCUT2D eigenvalue weighted by Gasteiger charge is -2.42. The molecule has 3 heteroatoms. The Kier molecular flexibility index (Phi) is 2.81. The molecule has 1 fully saturated rings. The number of benzene rings is 1. The lowest BCUT2D eigenvalue weighted by atomic mass is 9.80. The van der Waals surface area contributed by atoms with Crippen molar-refractivity contribution in [2.45, 2.75) is 24.9 Å². The van der Waals surface area contributed by atoms with Crippen LogP contribution in [0.3, 0.4) is 0 Å². The van der Waals surface area contributed by atoms with Crippen molar-refractivity contribution in [3.05, 3.63) is 29.3 Å². The van der Waals surface area contributed by atoms with Crippen LogP contribution in [-0.4, -0.2) is 26.8 Å². The van der Waals surface area contributed by atoms with Gasteiger partial charge < -0.3 is 14.8 Å². The largest absolute Gasteiger partial charge is 0.497 e. The van der Waals surface area contributed by atoms with Crippen molar-refractivity contribution in [1.82, 2.24) is 5.32 Å². The highest BCUT2D eigenvalue weighted by molar-refractivity contribution is 5.41. The molecule has 0 unspecified atom stereocenters. The van der Waals surface area contributed by atoms with Gasteiger partial charge in [-0.3, -0.25) is 0 Å². The first-order valence-electron chi connectivity index (χ1n) is 6.36. The summed E-state index contributed by atoms with van der Waals surface area (Å²) in [6.07, 6.45) is 3.15. The minimum absolute atomic E-state index is 0.0621. The summed E-state index contributed by atoms with van der Waals surface area (Å²) in [6, 6.07) is 6.42.